The number of aliphatic hydroxyl groups is 3. The molecule has 0 fully saturated rings. The number of hydrogen-bond acceptors (Lipinski definition) is 4. The van der Waals surface area contributed by atoms with E-state index in [0.717, 1.165) is 0 Å². The van der Waals surface area contributed by atoms with Crippen molar-refractivity contribution in [3.63, 3.8) is 0 Å². The van der Waals surface area contributed by atoms with Crippen LogP contribution in [0.4, 0.5) is 0 Å². The van der Waals surface area contributed by atoms with Gasteiger partial charge in [-0.15, -0.1) is 6.58 Å². The molecule has 0 radical (unpaired) electrons. The van der Waals surface area contributed by atoms with E-state index < -0.39 is 12.5 Å². The minimum Gasteiger partial charge on any atom is -0.373 e. The summed E-state index contributed by atoms with van der Waals surface area (Å²) in [5.74, 6) is 0. The van der Waals surface area contributed by atoms with Gasteiger partial charge in [-0.3, -0.25) is 5.32 Å². The Balaban J connectivity index is 3.26. The quantitative estimate of drug-likeness (QED) is 0.275. The van der Waals surface area contributed by atoms with Crippen LogP contribution in [0.2, 0.25) is 0 Å². The molecule has 0 aromatic carbocycles. The maximum absolute atomic E-state index is 8.60. The SMILES string of the molecule is C=CCNC(O)C(O)O. The van der Waals surface area contributed by atoms with Gasteiger partial charge in [-0.2, -0.15) is 0 Å². The van der Waals surface area contributed by atoms with Crippen molar-refractivity contribution in [1.82, 2.24) is 5.32 Å². The molecule has 54 valence electrons. The lowest BCUT2D eigenvalue weighted by atomic mass is 10.5. The second kappa shape index (κ2) is 4.46. The van der Waals surface area contributed by atoms with Crippen molar-refractivity contribution in [3.05, 3.63) is 12.7 Å². The van der Waals surface area contributed by atoms with Gasteiger partial charge in [-0.25, -0.2) is 0 Å². The largest absolute Gasteiger partial charge is 0.373 e. The van der Waals surface area contributed by atoms with Crippen molar-refractivity contribution in [3.8, 4) is 0 Å². The fraction of sp³-hybridized carbons (Fsp3) is 0.600. The molecule has 0 aliphatic carbocycles. The predicted octanol–water partition coefficient (Wildman–Crippen LogP) is -1.61. The highest BCUT2D eigenvalue weighted by atomic mass is 16.5. The molecular weight excluding hydrogens is 122 g/mol. The smallest absolute Gasteiger partial charge is 0.192 e. The molecular formula is C5H11NO3. The highest BCUT2D eigenvalue weighted by Gasteiger charge is 2.08. The Bertz CT molecular complexity index is 84.3. The number of nitrogens with one attached hydrogen (secondary N) is 1. The van der Waals surface area contributed by atoms with Gasteiger partial charge in [0, 0.05) is 6.54 Å². The third-order valence-electron chi connectivity index (χ3n) is 0.754. The molecule has 0 aromatic heterocycles. The Kier molecular flexibility index (Phi) is 4.25. The van der Waals surface area contributed by atoms with Crippen LogP contribution in [0.1, 0.15) is 0 Å². The molecule has 0 aliphatic rings. The van der Waals surface area contributed by atoms with Crippen molar-refractivity contribution in [2.75, 3.05) is 6.54 Å². The third-order valence-corrected chi connectivity index (χ3v) is 0.754. The molecule has 0 amide bonds. The van der Waals surface area contributed by atoms with Crippen LogP contribution in [0.5, 0.6) is 0 Å². The normalized spacial score (nSPS) is 13.8. The van der Waals surface area contributed by atoms with E-state index in [4.69, 9.17) is 15.3 Å². The second-order valence-electron chi connectivity index (χ2n) is 1.56. The molecule has 0 aromatic rings. The molecule has 4 nitrogen and oxygen atoms in total. The molecule has 4 N–H and O–H groups in total. The molecule has 0 spiro atoms. The van der Waals surface area contributed by atoms with Crippen LogP contribution in [0.25, 0.3) is 0 Å². The van der Waals surface area contributed by atoms with Gasteiger partial charge in [0.15, 0.2) is 12.5 Å². The first kappa shape index (κ1) is 8.58. The predicted molar refractivity (Wildman–Crippen MR) is 32.4 cm³/mol. The first-order valence-electron chi connectivity index (χ1n) is 2.57. The zero-order chi connectivity index (χ0) is 7.28. The minimum absolute atomic E-state index is 0.346. The Morgan fingerprint density at radius 3 is 2.33 bits per heavy atom. The Morgan fingerprint density at radius 2 is 2.00 bits per heavy atom. The molecule has 9 heavy (non-hydrogen) atoms. The van der Waals surface area contributed by atoms with E-state index in [1.54, 1.807) is 0 Å². The molecule has 0 saturated carbocycles. The van der Waals surface area contributed by atoms with Gasteiger partial charge in [0.2, 0.25) is 0 Å². The average Bonchev–Trinajstić information content (AvgIpc) is 1.82. The molecule has 0 rings (SSSR count). The fourth-order valence-electron chi connectivity index (χ4n) is 0.309. The summed E-state index contributed by atoms with van der Waals surface area (Å²) in [6.07, 6.45) is -1.51. The van der Waals surface area contributed by atoms with E-state index >= 15 is 0 Å². The summed E-state index contributed by atoms with van der Waals surface area (Å²) in [7, 11) is 0. The van der Waals surface area contributed by atoms with E-state index in [2.05, 4.69) is 11.9 Å². The topological polar surface area (TPSA) is 72.7 Å². The standard InChI is InChI=1S/C5H11NO3/c1-2-3-6-4(7)5(8)9/h2,4-9H,1,3H2. The third kappa shape index (κ3) is 4.11. The van der Waals surface area contributed by atoms with Crippen LogP contribution in [-0.2, 0) is 0 Å². The highest BCUT2D eigenvalue weighted by molar-refractivity contribution is 4.70. The highest BCUT2D eigenvalue weighted by Crippen LogP contribution is 1.81. The summed E-state index contributed by atoms with van der Waals surface area (Å²) in [4.78, 5) is 0. The zero-order valence-electron chi connectivity index (χ0n) is 4.99. The van der Waals surface area contributed by atoms with Gasteiger partial charge in [0.05, 0.1) is 0 Å². The first-order chi connectivity index (χ1) is 4.18. The van der Waals surface area contributed by atoms with E-state index in [9.17, 15) is 0 Å². The molecule has 0 bridgehead atoms. The minimum atomic E-state index is -1.73. The van der Waals surface area contributed by atoms with Gasteiger partial charge in [0.1, 0.15) is 0 Å². The first-order valence-corrected chi connectivity index (χ1v) is 2.57. The van der Waals surface area contributed by atoms with Gasteiger partial charge in [0.25, 0.3) is 0 Å². The van der Waals surface area contributed by atoms with E-state index in [1.807, 2.05) is 0 Å². The average molecular weight is 133 g/mol. The van der Waals surface area contributed by atoms with E-state index in [-0.39, 0.29) is 0 Å². The van der Waals surface area contributed by atoms with Gasteiger partial charge in [-0.1, -0.05) is 6.08 Å². The van der Waals surface area contributed by atoms with Crippen LogP contribution in [0.3, 0.4) is 0 Å². The molecule has 1 unspecified atom stereocenters. The van der Waals surface area contributed by atoms with Crippen LogP contribution in [-0.4, -0.2) is 34.4 Å². The van der Waals surface area contributed by atoms with Crippen molar-refractivity contribution < 1.29 is 15.3 Å². The maximum atomic E-state index is 8.60. The van der Waals surface area contributed by atoms with Crippen molar-refractivity contribution >= 4 is 0 Å². The lowest BCUT2D eigenvalue weighted by Gasteiger charge is -2.11. The van der Waals surface area contributed by atoms with Crippen molar-refractivity contribution in [2.24, 2.45) is 0 Å². The van der Waals surface area contributed by atoms with Crippen molar-refractivity contribution in [2.45, 2.75) is 12.5 Å². The Morgan fingerprint density at radius 1 is 1.44 bits per heavy atom. The molecule has 4 heteroatoms. The van der Waals surface area contributed by atoms with Crippen molar-refractivity contribution in [1.29, 1.82) is 0 Å². The summed E-state index contributed by atoms with van der Waals surface area (Å²) in [5.41, 5.74) is 0. The zero-order valence-corrected chi connectivity index (χ0v) is 4.99. The summed E-state index contributed by atoms with van der Waals surface area (Å²) < 4.78 is 0. The Labute approximate surface area is 53.4 Å². The van der Waals surface area contributed by atoms with Crippen LogP contribution in [0, 0.1) is 0 Å². The lowest BCUT2D eigenvalue weighted by molar-refractivity contribution is -0.131. The summed E-state index contributed by atoms with van der Waals surface area (Å²) >= 11 is 0. The molecule has 1 atom stereocenters. The van der Waals surface area contributed by atoms with Crippen LogP contribution >= 0.6 is 0 Å². The monoisotopic (exact) mass is 133 g/mol. The van der Waals surface area contributed by atoms with Crippen LogP contribution < -0.4 is 5.32 Å². The van der Waals surface area contributed by atoms with Gasteiger partial charge < -0.3 is 15.3 Å². The maximum Gasteiger partial charge on any atom is 0.192 e. The van der Waals surface area contributed by atoms with Crippen LogP contribution in [0.15, 0.2) is 12.7 Å². The van der Waals surface area contributed by atoms with Gasteiger partial charge in [-0.05, 0) is 0 Å². The number of rotatable bonds is 4. The number of aliphatic hydroxyl groups excluding tert-OH is 2. The number of hydrogen-bond donors (Lipinski definition) is 4. The molecule has 0 heterocycles. The second-order valence-corrected chi connectivity index (χ2v) is 1.56. The summed E-state index contributed by atoms with van der Waals surface area (Å²) in [6.45, 7) is 3.70. The Hall–Kier alpha value is -0.420. The summed E-state index contributed by atoms with van der Waals surface area (Å²) in [6, 6.07) is 0. The van der Waals surface area contributed by atoms with Gasteiger partial charge >= 0.3 is 0 Å². The molecule has 0 saturated heterocycles. The fourth-order valence-corrected chi connectivity index (χ4v) is 0.309. The lowest BCUT2D eigenvalue weighted by Crippen LogP contribution is -2.39. The molecule has 0 aliphatic heterocycles. The van der Waals surface area contributed by atoms with E-state index in [1.165, 1.54) is 6.08 Å². The summed E-state index contributed by atoms with van der Waals surface area (Å²) in [5, 5.41) is 27.5. The van der Waals surface area contributed by atoms with E-state index in [0.29, 0.717) is 6.54 Å².